The summed E-state index contributed by atoms with van der Waals surface area (Å²) in [4.78, 5) is 23.1. The Morgan fingerprint density at radius 3 is 2.23 bits per heavy atom. The molecule has 0 saturated carbocycles. The lowest BCUT2D eigenvalue weighted by molar-refractivity contribution is -0.142. The van der Waals surface area contributed by atoms with E-state index in [-0.39, 0.29) is 30.5 Å². The highest BCUT2D eigenvalue weighted by Crippen LogP contribution is 2.11. The summed E-state index contributed by atoms with van der Waals surface area (Å²) in [5.41, 5.74) is 6.60. The molecule has 1 aromatic rings. The van der Waals surface area contributed by atoms with Crippen LogP contribution in [0.5, 0.6) is 5.75 Å². The van der Waals surface area contributed by atoms with Crippen LogP contribution in [-0.4, -0.2) is 34.2 Å². The Hall–Kier alpha value is -1.79. The zero-order valence-electron chi connectivity index (χ0n) is 12.7. The Morgan fingerprint density at radius 1 is 1.23 bits per heavy atom. The van der Waals surface area contributed by atoms with E-state index in [0.29, 0.717) is 6.42 Å². The molecule has 0 fully saturated rings. The number of hydrogen-bond acceptors (Lipinski definition) is 4. The van der Waals surface area contributed by atoms with Crippen LogP contribution in [0.4, 0.5) is 0 Å². The number of phenolic OH excluding ortho intramolecular Hbond substituents is 1. The Kier molecular flexibility index (Phi) is 8.52. The first-order valence-electron chi connectivity index (χ1n) is 6.86. The molecule has 0 bridgehead atoms. The molecule has 0 spiro atoms. The number of carbonyl (C=O) groups excluding carboxylic acids is 1. The molecule has 0 radical (unpaired) electrons. The van der Waals surface area contributed by atoms with Crippen molar-refractivity contribution in [1.82, 2.24) is 5.32 Å². The third-order valence-electron chi connectivity index (χ3n) is 3.05. The molecule has 0 unspecified atom stereocenters. The normalized spacial score (nSPS) is 13.1. The van der Waals surface area contributed by atoms with Crippen molar-refractivity contribution < 1.29 is 19.8 Å². The van der Waals surface area contributed by atoms with Gasteiger partial charge in [0, 0.05) is 0 Å². The highest BCUT2D eigenvalue weighted by molar-refractivity contribution is 5.87. The lowest BCUT2D eigenvalue weighted by Crippen LogP contribution is -2.49. The summed E-state index contributed by atoms with van der Waals surface area (Å²) in [5.74, 6) is -1.26. The number of aliphatic carboxylic acids is 1. The van der Waals surface area contributed by atoms with Gasteiger partial charge in [-0.3, -0.25) is 4.79 Å². The predicted molar refractivity (Wildman–Crippen MR) is 86.1 cm³/mol. The highest BCUT2D eigenvalue weighted by Gasteiger charge is 2.24. The number of rotatable bonds is 7. The van der Waals surface area contributed by atoms with Gasteiger partial charge in [-0.1, -0.05) is 26.0 Å². The molecule has 7 heteroatoms. The number of carbonyl (C=O) groups is 2. The second kappa shape index (κ2) is 9.27. The smallest absolute Gasteiger partial charge is 0.326 e. The van der Waals surface area contributed by atoms with E-state index in [1.807, 2.05) is 13.8 Å². The first-order valence-corrected chi connectivity index (χ1v) is 6.86. The van der Waals surface area contributed by atoms with E-state index in [4.69, 9.17) is 10.8 Å². The maximum Gasteiger partial charge on any atom is 0.326 e. The lowest BCUT2D eigenvalue weighted by Gasteiger charge is -2.19. The fourth-order valence-corrected chi connectivity index (χ4v) is 1.95. The Balaban J connectivity index is 0.00000441. The van der Waals surface area contributed by atoms with Gasteiger partial charge in [-0.25, -0.2) is 4.79 Å². The van der Waals surface area contributed by atoms with Crippen molar-refractivity contribution in [3.8, 4) is 5.75 Å². The third-order valence-corrected chi connectivity index (χ3v) is 3.05. The molecule has 0 aromatic heterocycles. The first kappa shape index (κ1) is 20.2. The van der Waals surface area contributed by atoms with Crippen molar-refractivity contribution >= 4 is 24.3 Å². The van der Waals surface area contributed by atoms with Crippen LogP contribution in [0.1, 0.15) is 25.8 Å². The van der Waals surface area contributed by atoms with Gasteiger partial charge in [0.05, 0.1) is 6.04 Å². The van der Waals surface area contributed by atoms with Gasteiger partial charge in [0.1, 0.15) is 11.8 Å². The summed E-state index contributed by atoms with van der Waals surface area (Å²) in [6.07, 6.45) is 0.632. The molecule has 0 heterocycles. The molecular formula is C15H23ClN2O4. The van der Waals surface area contributed by atoms with Crippen LogP contribution in [0, 0.1) is 5.92 Å². The number of benzene rings is 1. The van der Waals surface area contributed by atoms with Crippen molar-refractivity contribution in [1.29, 1.82) is 0 Å². The van der Waals surface area contributed by atoms with Crippen molar-refractivity contribution in [2.24, 2.45) is 11.7 Å². The average molecular weight is 331 g/mol. The standard InChI is InChI=1S/C15H22N2O4.ClH/c1-9(2)7-13(15(20)21)17-14(19)12(16)8-10-3-5-11(18)6-4-10;/h3-6,9,12-13,18H,7-8,16H2,1-2H3,(H,17,19)(H,20,21);1H/t12-,13-;/m0./s1. The van der Waals surface area contributed by atoms with Crippen LogP contribution < -0.4 is 11.1 Å². The van der Waals surface area contributed by atoms with Crippen molar-refractivity contribution in [3.05, 3.63) is 29.8 Å². The SMILES string of the molecule is CC(C)C[C@H](NC(=O)[C@@H](N)Cc1ccc(O)cc1)C(=O)O.Cl. The molecule has 22 heavy (non-hydrogen) atoms. The molecular weight excluding hydrogens is 308 g/mol. The van der Waals surface area contributed by atoms with Gasteiger partial charge in [-0.05, 0) is 36.5 Å². The molecule has 1 rings (SSSR count). The van der Waals surface area contributed by atoms with Gasteiger partial charge in [0.15, 0.2) is 0 Å². The zero-order valence-corrected chi connectivity index (χ0v) is 13.5. The van der Waals surface area contributed by atoms with Gasteiger partial charge in [-0.15, -0.1) is 12.4 Å². The highest BCUT2D eigenvalue weighted by atomic mass is 35.5. The minimum absolute atomic E-state index is 0. The van der Waals surface area contributed by atoms with E-state index in [1.54, 1.807) is 12.1 Å². The van der Waals surface area contributed by atoms with Gasteiger partial charge in [-0.2, -0.15) is 0 Å². The topological polar surface area (TPSA) is 113 Å². The summed E-state index contributed by atoms with van der Waals surface area (Å²) >= 11 is 0. The molecule has 124 valence electrons. The zero-order chi connectivity index (χ0) is 16.0. The van der Waals surface area contributed by atoms with E-state index in [0.717, 1.165) is 5.56 Å². The van der Waals surface area contributed by atoms with Gasteiger partial charge in [0.2, 0.25) is 5.91 Å². The quantitative estimate of drug-likeness (QED) is 0.602. The second-order valence-electron chi connectivity index (χ2n) is 5.51. The maximum atomic E-state index is 12.0. The average Bonchev–Trinajstić information content (AvgIpc) is 2.39. The van der Waals surface area contributed by atoms with Crippen LogP contribution in [0.25, 0.3) is 0 Å². The molecule has 1 amide bonds. The minimum Gasteiger partial charge on any atom is -0.508 e. The Morgan fingerprint density at radius 2 is 1.77 bits per heavy atom. The lowest BCUT2D eigenvalue weighted by atomic mass is 10.0. The fraction of sp³-hybridized carbons (Fsp3) is 0.467. The van der Waals surface area contributed by atoms with Crippen molar-refractivity contribution in [3.63, 3.8) is 0 Å². The van der Waals surface area contributed by atoms with Crippen LogP contribution in [0.15, 0.2) is 24.3 Å². The maximum absolute atomic E-state index is 12.0. The number of nitrogens with two attached hydrogens (primary N) is 1. The summed E-state index contributed by atoms with van der Waals surface area (Å²) in [5, 5.41) is 20.7. The number of halogens is 1. The van der Waals surface area contributed by atoms with Gasteiger partial charge in [0.25, 0.3) is 0 Å². The fourth-order valence-electron chi connectivity index (χ4n) is 1.95. The second-order valence-corrected chi connectivity index (χ2v) is 5.51. The van der Waals surface area contributed by atoms with E-state index in [2.05, 4.69) is 5.32 Å². The number of phenols is 1. The Bertz CT molecular complexity index is 491. The number of carboxylic acids is 1. The molecule has 0 aliphatic rings. The van der Waals surface area contributed by atoms with E-state index < -0.39 is 24.0 Å². The molecule has 6 nitrogen and oxygen atoms in total. The minimum atomic E-state index is -1.06. The summed E-state index contributed by atoms with van der Waals surface area (Å²) in [6.45, 7) is 3.77. The van der Waals surface area contributed by atoms with Crippen molar-refractivity contribution in [2.75, 3.05) is 0 Å². The number of hydrogen-bond donors (Lipinski definition) is 4. The monoisotopic (exact) mass is 330 g/mol. The van der Waals surface area contributed by atoms with Crippen molar-refractivity contribution in [2.45, 2.75) is 38.8 Å². The van der Waals surface area contributed by atoms with Crippen LogP contribution in [-0.2, 0) is 16.0 Å². The summed E-state index contributed by atoms with van der Waals surface area (Å²) in [7, 11) is 0. The van der Waals surface area contributed by atoms with Crippen LogP contribution in [0.3, 0.4) is 0 Å². The molecule has 2 atom stereocenters. The number of amides is 1. The van der Waals surface area contributed by atoms with E-state index in [1.165, 1.54) is 12.1 Å². The van der Waals surface area contributed by atoms with Gasteiger partial charge < -0.3 is 21.3 Å². The number of carboxylic acid groups (broad SMARTS) is 1. The largest absolute Gasteiger partial charge is 0.508 e. The Labute approximate surface area is 136 Å². The molecule has 0 aliphatic heterocycles. The van der Waals surface area contributed by atoms with Gasteiger partial charge >= 0.3 is 5.97 Å². The summed E-state index contributed by atoms with van der Waals surface area (Å²) < 4.78 is 0. The molecule has 0 aliphatic carbocycles. The predicted octanol–water partition coefficient (Wildman–Crippen LogP) is 1.30. The van der Waals surface area contributed by atoms with Crippen LogP contribution >= 0.6 is 12.4 Å². The van der Waals surface area contributed by atoms with Crippen LogP contribution in [0.2, 0.25) is 0 Å². The number of nitrogens with one attached hydrogen (secondary N) is 1. The molecule has 1 aromatic carbocycles. The third kappa shape index (κ3) is 6.78. The first-order chi connectivity index (χ1) is 9.79. The van der Waals surface area contributed by atoms with E-state index >= 15 is 0 Å². The van der Waals surface area contributed by atoms with E-state index in [9.17, 15) is 14.7 Å². The number of aromatic hydroxyl groups is 1. The summed E-state index contributed by atoms with van der Waals surface area (Å²) in [6, 6.07) is 4.61. The molecule has 5 N–H and O–H groups in total. The molecule has 0 saturated heterocycles.